The second-order valence-corrected chi connectivity index (χ2v) is 8.97. The van der Waals surface area contributed by atoms with Gasteiger partial charge >= 0.3 is 0 Å². The molecule has 3 heterocycles. The summed E-state index contributed by atoms with van der Waals surface area (Å²) in [5.74, 6) is 0.524. The normalized spacial score (nSPS) is 17.9. The fraction of sp³-hybridized carbons (Fsp3) is 0.238. The Morgan fingerprint density at radius 2 is 1.97 bits per heavy atom. The second kappa shape index (κ2) is 8.08. The highest BCUT2D eigenvalue weighted by atomic mass is 32.2. The largest absolute Gasteiger partial charge is 0.298 e. The van der Waals surface area contributed by atoms with Crippen LogP contribution in [0.15, 0.2) is 64.3 Å². The Balaban J connectivity index is 1.45. The molecular weight excluding hydrogens is 418 g/mol. The molecule has 30 heavy (non-hydrogen) atoms. The molecule has 2 unspecified atom stereocenters. The Hall–Kier alpha value is -2.91. The summed E-state index contributed by atoms with van der Waals surface area (Å²) in [7, 11) is 0. The van der Waals surface area contributed by atoms with Gasteiger partial charge in [-0.05, 0) is 12.0 Å². The Bertz CT molecular complexity index is 1260. The first-order valence-corrected chi connectivity index (χ1v) is 11.4. The van der Waals surface area contributed by atoms with Crippen LogP contribution in [0.25, 0.3) is 11.2 Å². The fourth-order valence-electron chi connectivity index (χ4n) is 3.53. The molecule has 0 saturated heterocycles. The number of nitrogens with zero attached hydrogens (tertiary/aromatic N) is 5. The Labute approximate surface area is 180 Å². The summed E-state index contributed by atoms with van der Waals surface area (Å²) < 4.78 is 1.70. The van der Waals surface area contributed by atoms with Gasteiger partial charge in [0, 0.05) is 35.9 Å². The summed E-state index contributed by atoms with van der Waals surface area (Å²) in [4.78, 5) is 42.8. The maximum absolute atomic E-state index is 13.2. The third kappa shape index (κ3) is 3.78. The van der Waals surface area contributed by atoms with Crippen LogP contribution in [0.4, 0.5) is 0 Å². The Kier molecular flexibility index (Phi) is 5.14. The van der Waals surface area contributed by atoms with Crippen LogP contribution in [0.1, 0.15) is 29.0 Å². The Morgan fingerprint density at radius 3 is 2.77 bits per heavy atom. The number of hydrogen-bond acceptors (Lipinski definition) is 8. The van der Waals surface area contributed by atoms with Crippen molar-refractivity contribution in [3.05, 3.63) is 75.2 Å². The molecule has 1 aromatic carbocycles. The summed E-state index contributed by atoms with van der Waals surface area (Å²) in [6, 6.07) is 10.2. The molecule has 9 heteroatoms. The van der Waals surface area contributed by atoms with E-state index in [1.165, 1.54) is 41.1 Å². The van der Waals surface area contributed by atoms with Gasteiger partial charge in [-0.3, -0.25) is 14.2 Å². The van der Waals surface area contributed by atoms with Crippen molar-refractivity contribution in [1.82, 2.24) is 24.5 Å². The first-order valence-electron chi connectivity index (χ1n) is 9.52. The van der Waals surface area contributed by atoms with E-state index in [-0.39, 0.29) is 34.6 Å². The second-order valence-electron chi connectivity index (χ2n) is 7.05. The minimum absolute atomic E-state index is 0.00960. The van der Waals surface area contributed by atoms with Crippen molar-refractivity contribution >= 4 is 40.0 Å². The van der Waals surface area contributed by atoms with Crippen molar-refractivity contribution in [2.24, 2.45) is 0 Å². The standard InChI is InChI=1S/C21H17N5O2S2/c27-14(10-17-22-8-9-29-17)12-30-21-25-19-18(23-6-7-24-19)20(28)26(21)16-11-15(16)13-4-2-1-3-5-13/h1-9,15-16H,10-12H2. The summed E-state index contributed by atoms with van der Waals surface area (Å²) in [6.45, 7) is 0. The van der Waals surface area contributed by atoms with Crippen LogP contribution in [-0.2, 0) is 11.2 Å². The number of hydrogen-bond donors (Lipinski definition) is 0. The smallest absolute Gasteiger partial charge is 0.282 e. The average molecular weight is 436 g/mol. The minimum atomic E-state index is -0.202. The SMILES string of the molecule is O=C(CSc1nc2nccnc2c(=O)n1C1CC1c1ccccc1)Cc1nccs1. The zero-order valence-electron chi connectivity index (χ0n) is 15.8. The topological polar surface area (TPSA) is 90.6 Å². The van der Waals surface area contributed by atoms with Crippen LogP contribution in [-0.4, -0.2) is 36.0 Å². The van der Waals surface area contributed by atoms with Gasteiger partial charge in [0.1, 0.15) is 5.78 Å². The van der Waals surface area contributed by atoms with Crippen molar-refractivity contribution in [1.29, 1.82) is 0 Å². The van der Waals surface area contributed by atoms with Gasteiger partial charge < -0.3 is 0 Å². The highest BCUT2D eigenvalue weighted by Gasteiger charge is 2.42. The van der Waals surface area contributed by atoms with E-state index in [0.717, 1.165) is 11.4 Å². The van der Waals surface area contributed by atoms with E-state index in [2.05, 4.69) is 32.1 Å². The summed E-state index contributed by atoms with van der Waals surface area (Å²) in [5, 5.41) is 3.17. The average Bonchev–Trinajstić information content (AvgIpc) is 3.39. The molecule has 0 aliphatic heterocycles. The number of carbonyl (C=O) groups excluding carboxylic acids is 1. The molecule has 1 aliphatic rings. The first kappa shape index (κ1) is 19.1. The molecule has 0 spiro atoms. The van der Waals surface area contributed by atoms with Crippen molar-refractivity contribution in [3.8, 4) is 0 Å². The summed E-state index contributed by atoms with van der Waals surface area (Å²) >= 11 is 2.75. The maximum Gasteiger partial charge on any atom is 0.282 e. The molecule has 4 aromatic rings. The van der Waals surface area contributed by atoms with Crippen molar-refractivity contribution in [2.45, 2.75) is 30.0 Å². The summed E-state index contributed by atoms with van der Waals surface area (Å²) in [5.41, 5.74) is 1.57. The third-order valence-electron chi connectivity index (χ3n) is 5.02. The molecule has 0 amide bonds. The van der Waals surface area contributed by atoms with Crippen LogP contribution in [0.2, 0.25) is 0 Å². The maximum atomic E-state index is 13.2. The van der Waals surface area contributed by atoms with E-state index in [1.807, 2.05) is 23.6 Å². The lowest BCUT2D eigenvalue weighted by atomic mass is 10.1. The van der Waals surface area contributed by atoms with Crippen molar-refractivity contribution in [2.75, 3.05) is 5.75 Å². The zero-order valence-corrected chi connectivity index (χ0v) is 17.5. The van der Waals surface area contributed by atoms with E-state index in [4.69, 9.17) is 0 Å². The van der Waals surface area contributed by atoms with Gasteiger partial charge in [-0.25, -0.2) is 19.9 Å². The molecular formula is C21H17N5O2S2. The molecule has 1 saturated carbocycles. The predicted molar refractivity (Wildman–Crippen MR) is 116 cm³/mol. The van der Waals surface area contributed by atoms with E-state index in [1.54, 1.807) is 10.8 Å². The van der Waals surface area contributed by atoms with Crippen molar-refractivity contribution in [3.63, 3.8) is 0 Å². The lowest BCUT2D eigenvalue weighted by molar-refractivity contribution is -0.116. The predicted octanol–water partition coefficient (Wildman–Crippen LogP) is 3.28. The number of Topliss-reactive ketones (excluding diaryl/α,β-unsaturated/α-hetero) is 1. The summed E-state index contributed by atoms with van der Waals surface area (Å²) in [6.07, 6.45) is 5.86. The van der Waals surface area contributed by atoms with Crippen LogP contribution in [0.3, 0.4) is 0 Å². The number of aromatic nitrogens is 5. The van der Waals surface area contributed by atoms with E-state index in [0.29, 0.717) is 17.2 Å². The van der Waals surface area contributed by atoms with E-state index >= 15 is 0 Å². The van der Waals surface area contributed by atoms with Gasteiger partial charge in [-0.1, -0.05) is 42.1 Å². The molecule has 0 radical (unpaired) electrons. The number of fused-ring (bicyclic) bond motifs is 1. The number of carbonyl (C=O) groups is 1. The van der Waals surface area contributed by atoms with Gasteiger partial charge in [0.15, 0.2) is 16.3 Å². The highest BCUT2D eigenvalue weighted by molar-refractivity contribution is 7.99. The van der Waals surface area contributed by atoms with Crippen LogP contribution < -0.4 is 5.56 Å². The molecule has 1 aliphatic carbocycles. The molecule has 7 nitrogen and oxygen atoms in total. The molecule has 1 fully saturated rings. The fourth-order valence-corrected chi connectivity index (χ4v) is 5.08. The van der Waals surface area contributed by atoms with Gasteiger partial charge in [-0.2, -0.15) is 0 Å². The number of rotatable bonds is 7. The van der Waals surface area contributed by atoms with E-state index in [9.17, 15) is 9.59 Å². The van der Waals surface area contributed by atoms with Crippen LogP contribution >= 0.6 is 23.1 Å². The van der Waals surface area contributed by atoms with Crippen LogP contribution in [0.5, 0.6) is 0 Å². The number of thiazole rings is 1. The molecule has 150 valence electrons. The monoisotopic (exact) mass is 435 g/mol. The number of thioether (sulfide) groups is 1. The molecule has 5 rings (SSSR count). The van der Waals surface area contributed by atoms with Crippen LogP contribution in [0, 0.1) is 0 Å². The lowest BCUT2D eigenvalue weighted by Crippen LogP contribution is -2.24. The molecule has 0 bridgehead atoms. The van der Waals surface area contributed by atoms with Crippen molar-refractivity contribution < 1.29 is 4.79 Å². The molecule has 2 atom stereocenters. The molecule has 0 N–H and O–H groups in total. The van der Waals surface area contributed by atoms with Gasteiger partial charge in [0.2, 0.25) is 0 Å². The third-order valence-corrected chi connectivity index (χ3v) is 6.81. The minimum Gasteiger partial charge on any atom is -0.298 e. The Morgan fingerprint density at radius 1 is 1.13 bits per heavy atom. The number of ketones is 1. The number of benzene rings is 1. The zero-order chi connectivity index (χ0) is 20.5. The first-order chi connectivity index (χ1) is 14.7. The van der Waals surface area contributed by atoms with Gasteiger partial charge in [-0.15, -0.1) is 11.3 Å². The molecule has 3 aromatic heterocycles. The van der Waals surface area contributed by atoms with E-state index < -0.39 is 0 Å². The van der Waals surface area contributed by atoms with Gasteiger partial charge in [0.05, 0.1) is 17.2 Å². The lowest BCUT2D eigenvalue weighted by Gasteiger charge is -2.12. The highest BCUT2D eigenvalue weighted by Crippen LogP contribution is 2.51. The van der Waals surface area contributed by atoms with Gasteiger partial charge in [0.25, 0.3) is 5.56 Å². The quantitative estimate of drug-likeness (QED) is 0.325.